The van der Waals surface area contributed by atoms with Crippen LogP contribution in [-0.2, 0) is 29.6 Å². The monoisotopic (exact) mass is 563 g/mol. The predicted octanol–water partition coefficient (Wildman–Crippen LogP) is 3.18. The van der Waals surface area contributed by atoms with Crippen molar-refractivity contribution in [1.82, 2.24) is 19.9 Å². The molecule has 0 unspecified atom stereocenters. The average molecular weight is 564 g/mol. The highest BCUT2D eigenvalue weighted by Gasteiger charge is 2.54. The predicted molar refractivity (Wildman–Crippen MR) is 143 cm³/mol. The minimum Gasteiger partial charge on any atom is -0.450 e. The van der Waals surface area contributed by atoms with E-state index in [0.29, 0.717) is 28.6 Å². The van der Waals surface area contributed by atoms with Crippen LogP contribution in [0, 0.1) is 22.6 Å². The number of nitrogens with two attached hydrogens (primary N) is 1. The van der Waals surface area contributed by atoms with Crippen LogP contribution >= 0.6 is 0 Å². The third kappa shape index (κ3) is 5.75. The zero-order chi connectivity index (χ0) is 29.0. The number of anilines is 1. The Bertz CT molecular complexity index is 1460. The van der Waals surface area contributed by atoms with Crippen molar-refractivity contribution < 1.29 is 28.2 Å². The number of H-pyrrole nitrogens is 1. The van der Waals surface area contributed by atoms with Gasteiger partial charge in [-0.25, -0.2) is 19.3 Å². The zero-order valence-corrected chi connectivity index (χ0v) is 22.5. The van der Waals surface area contributed by atoms with Crippen molar-refractivity contribution in [2.24, 2.45) is 11.1 Å². The molecule has 0 radical (unpaired) electrons. The molecule has 1 aliphatic heterocycles. The van der Waals surface area contributed by atoms with Gasteiger partial charge in [0.05, 0.1) is 30.3 Å². The van der Waals surface area contributed by atoms with Crippen LogP contribution in [0.2, 0.25) is 0 Å². The molecular formula is C28H30FN7O5. The number of hydrogen-bond acceptors (Lipinski definition) is 10. The minimum atomic E-state index is -2.17. The molecule has 5 rings (SSSR count). The molecule has 214 valence electrons. The number of benzene rings is 1. The maximum Gasteiger partial charge on any atom is 0.317 e. The van der Waals surface area contributed by atoms with E-state index in [2.05, 4.69) is 25.3 Å². The Morgan fingerprint density at radius 3 is 2.54 bits per heavy atom. The van der Waals surface area contributed by atoms with Crippen LogP contribution in [0.15, 0.2) is 36.5 Å². The van der Waals surface area contributed by atoms with Gasteiger partial charge >= 0.3 is 11.8 Å². The number of nitrogens with zero attached hydrogens (tertiary/aromatic N) is 4. The van der Waals surface area contributed by atoms with E-state index in [1.54, 1.807) is 30.5 Å². The number of nitriles is 1. The van der Waals surface area contributed by atoms with E-state index < -0.39 is 35.5 Å². The number of amides is 1. The number of rotatable bonds is 8. The van der Waals surface area contributed by atoms with Crippen LogP contribution in [0.5, 0.6) is 0 Å². The first kappa shape index (κ1) is 28.1. The van der Waals surface area contributed by atoms with Gasteiger partial charge in [0.15, 0.2) is 12.4 Å². The SMILES string of the molecule is CC1(C(=O)OCC#N)COC(C(N)=O)(c2nc(-c3ccc(F)cc3)c(-c3ccnc(NC4CCCCC4)n3)[nH]2)OC1. The van der Waals surface area contributed by atoms with Crippen molar-refractivity contribution in [1.29, 1.82) is 5.26 Å². The summed E-state index contributed by atoms with van der Waals surface area (Å²) in [6.45, 7) is 0.488. The second-order valence-corrected chi connectivity index (χ2v) is 10.4. The number of carbonyl (C=O) groups excluding carboxylic acids is 2. The number of nitrogens with one attached hydrogen (secondary N) is 2. The van der Waals surface area contributed by atoms with E-state index >= 15 is 0 Å². The summed E-state index contributed by atoms with van der Waals surface area (Å²) in [5.41, 5.74) is 6.21. The van der Waals surface area contributed by atoms with Gasteiger partial charge in [-0.15, -0.1) is 0 Å². The van der Waals surface area contributed by atoms with Crippen molar-refractivity contribution >= 4 is 17.8 Å². The lowest BCUT2D eigenvalue weighted by molar-refractivity contribution is -0.293. The number of esters is 1. The summed E-state index contributed by atoms with van der Waals surface area (Å²) >= 11 is 0. The van der Waals surface area contributed by atoms with Gasteiger partial charge in [-0.1, -0.05) is 19.3 Å². The molecule has 0 bridgehead atoms. The number of halogens is 1. The van der Waals surface area contributed by atoms with Crippen LogP contribution in [0.25, 0.3) is 22.6 Å². The number of primary amides is 1. The summed E-state index contributed by atoms with van der Waals surface area (Å²) in [5, 5.41) is 12.1. The van der Waals surface area contributed by atoms with Gasteiger partial charge in [-0.05, 0) is 50.1 Å². The summed E-state index contributed by atoms with van der Waals surface area (Å²) in [7, 11) is 0. The first-order valence-corrected chi connectivity index (χ1v) is 13.3. The van der Waals surface area contributed by atoms with E-state index in [1.165, 1.54) is 25.5 Å². The highest BCUT2D eigenvalue weighted by molar-refractivity contribution is 5.85. The van der Waals surface area contributed by atoms with Crippen molar-refractivity contribution in [2.75, 3.05) is 25.1 Å². The summed E-state index contributed by atoms with van der Waals surface area (Å²) in [6, 6.07) is 9.35. The van der Waals surface area contributed by atoms with Crippen molar-refractivity contribution in [3.63, 3.8) is 0 Å². The summed E-state index contributed by atoms with van der Waals surface area (Å²) in [5.74, 6) is -3.95. The lowest BCUT2D eigenvalue weighted by Gasteiger charge is -2.40. The molecule has 1 saturated heterocycles. The Kier molecular flexibility index (Phi) is 7.96. The molecule has 1 aromatic carbocycles. The number of hydrogen-bond donors (Lipinski definition) is 3. The highest BCUT2D eigenvalue weighted by atomic mass is 19.1. The van der Waals surface area contributed by atoms with Crippen LogP contribution in [0.3, 0.4) is 0 Å². The van der Waals surface area contributed by atoms with Gasteiger partial charge in [0, 0.05) is 17.8 Å². The first-order valence-electron chi connectivity index (χ1n) is 13.3. The maximum atomic E-state index is 13.8. The van der Waals surface area contributed by atoms with Crippen molar-refractivity contribution in [2.45, 2.75) is 50.9 Å². The third-order valence-electron chi connectivity index (χ3n) is 7.26. The molecule has 3 aromatic rings. The Labute approximate surface area is 235 Å². The molecular weight excluding hydrogens is 533 g/mol. The van der Waals surface area contributed by atoms with Crippen molar-refractivity contribution in [3.8, 4) is 28.7 Å². The van der Waals surface area contributed by atoms with E-state index in [1.807, 2.05) is 0 Å². The van der Waals surface area contributed by atoms with Crippen LogP contribution in [-0.4, -0.2) is 57.7 Å². The van der Waals surface area contributed by atoms with Gasteiger partial charge in [0.25, 0.3) is 5.91 Å². The Balaban J connectivity index is 1.52. The molecule has 3 heterocycles. The van der Waals surface area contributed by atoms with E-state index in [4.69, 9.17) is 25.2 Å². The fraction of sp³-hybridized carbons (Fsp3) is 0.429. The summed E-state index contributed by atoms with van der Waals surface area (Å²) in [4.78, 5) is 42.1. The Hall–Kier alpha value is -4.41. The molecule has 12 nitrogen and oxygen atoms in total. The lowest BCUT2D eigenvalue weighted by atomic mass is 9.91. The highest BCUT2D eigenvalue weighted by Crippen LogP contribution is 2.39. The molecule has 0 atom stereocenters. The standard InChI is InChI=1S/C28H30FN7O5/c1-27(25(38)39-14-12-30)15-40-28(23(31)37,41-16-27)24-35-21(17-7-9-18(29)10-8-17)22(36-24)20-11-13-32-26(34-20)33-19-5-3-2-4-6-19/h7-11,13,19H,2-6,14-16H2,1H3,(H2,31,37)(H,35,36)(H,32,33,34). The molecule has 1 aliphatic carbocycles. The van der Waals surface area contributed by atoms with Gasteiger partial charge in [0.2, 0.25) is 5.95 Å². The number of imidazole rings is 1. The fourth-order valence-electron chi connectivity index (χ4n) is 4.92. The average Bonchev–Trinajstić information content (AvgIpc) is 3.43. The minimum absolute atomic E-state index is 0.0767. The third-order valence-corrected chi connectivity index (χ3v) is 7.26. The molecule has 2 fully saturated rings. The van der Waals surface area contributed by atoms with E-state index in [-0.39, 0.29) is 25.1 Å². The molecule has 1 saturated carbocycles. The Morgan fingerprint density at radius 2 is 1.88 bits per heavy atom. The number of ether oxygens (including phenoxy) is 3. The zero-order valence-electron chi connectivity index (χ0n) is 22.5. The smallest absolute Gasteiger partial charge is 0.317 e. The fourth-order valence-corrected chi connectivity index (χ4v) is 4.92. The van der Waals surface area contributed by atoms with Crippen LogP contribution in [0.1, 0.15) is 44.9 Å². The molecule has 13 heteroatoms. The normalized spacial score (nSPS) is 23.0. The molecule has 1 amide bonds. The van der Waals surface area contributed by atoms with Gasteiger partial charge in [0.1, 0.15) is 17.3 Å². The van der Waals surface area contributed by atoms with Crippen LogP contribution in [0.4, 0.5) is 10.3 Å². The quantitative estimate of drug-likeness (QED) is 0.345. The van der Waals surface area contributed by atoms with Gasteiger partial charge in [-0.3, -0.25) is 9.59 Å². The summed E-state index contributed by atoms with van der Waals surface area (Å²) in [6.07, 6.45) is 7.16. The van der Waals surface area contributed by atoms with E-state index in [0.717, 1.165) is 25.7 Å². The Morgan fingerprint density at radius 1 is 1.17 bits per heavy atom. The van der Waals surface area contributed by atoms with Crippen molar-refractivity contribution in [3.05, 3.63) is 48.2 Å². The molecule has 2 aromatic heterocycles. The molecule has 4 N–H and O–H groups in total. The second-order valence-electron chi connectivity index (χ2n) is 10.4. The van der Waals surface area contributed by atoms with Gasteiger partial charge in [-0.2, -0.15) is 5.26 Å². The maximum absolute atomic E-state index is 13.8. The largest absolute Gasteiger partial charge is 0.450 e. The molecule has 0 spiro atoms. The lowest BCUT2D eigenvalue weighted by Crippen LogP contribution is -2.56. The first-order chi connectivity index (χ1) is 19.7. The number of aromatic nitrogens is 4. The van der Waals surface area contributed by atoms with Gasteiger partial charge < -0.3 is 30.2 Å². The number of carbonyl (C=O) groups is 2. The second kappa shape index (κ2) is 11.6. The molecule has 2 aliphatic rings. The molecule has 41 heavy (non-hydrogen) atoms. The summed E-state index contributed by atoms with van der Waals surface area (Å²) < 4.78 is 30.4. The van der Waals surface area contributed by atoms with Crippen LogP contribution < -0.4 is 11.1 Å². The van der Waals surface area contributed by atoms with E-state index in [9.17, 15) is 14.0 Å². The number of aromatic amines is 1. The topological polar surface area (TPSA) is 178 Å².